The maximum Gasteiger partial charge on any atom is 0.306 e. The largest absolute Gasteiger partial charge is 0.462 e. The molecule has 0 rings (SSSR count). The molecule has 0 bridgehead atoms. The molecule has 6 nitrogen and oxygen atoms in total. The number of carbonyl (C=O) groups is 3. The van der Waals surface area contributed by atoms with Crippen molar-refractivity contribution in [2.45, 2.75) is 386 Å². The fraction of sp³-hybridized carbons (Fsp3) is 0.827. The molecule has 0 aliphatic rings. The van der Waals surface area contributed by atoms with E-state index in [0.29, 0.717) is 19.3 Å². The Kier molecular flexibility index (Phi) is 67.1. The molecule has 0 saturated heterocycles. The summed E-state index contributed by atoms with van der Waals surface area (Å²) in [6.07, 6.45) is 89.6. The highest BCUT2D eigenvalue weighted by Gasteiger charge is 2.19. The number of hydrogen-bond donors (Lipinski definition) is 0. The van der Waals surface area contributed by atoms with E-state index in [2.05, 4.69) is 81.5 Å². The monoisotopic (exact) mass is 1130 g/mol. The van der Waals surface area contributed by atoms with Gasteiger partial charge in [0.2, 0.25) is 0 Å². The van der Waals surface area contributed by atoms with Crippen LogP contribution >= 0.6 is 0 Å². The van der Waals surface area contributed by atoms with Crippen molar-refractivity contribution in [3.8, 4) is 0 Å². The average molecular weight is 1130 g/mol. The highest BCUT2D eigenvalue weighted by atomic mass is 16.6. The molecule has 0 heterocycles. The van der Waals surface area contributed by atoms with Gasteiger partial charge in [0, 0.05) is 19.3 Å². The predicted octanol–water partition coefficient (Wildman–Crippen LogP) is 24.7. The van der Waals surface area contributed by atoms with E-state index in [0.717, 1.165) is 96.3 Å². The molecule has 0 aromatic heterocycles. The maximum absolute atomic E-state index is 13.0. The standard InChI is InChI=1S/C75H136O6/c1-4-7-10-13-16-19-22-25-28-31-34-35-36-37-38-39-40-42-44-47-50-53-56-59-62-65-68-74(77)80-71-72(70-79-73(76)67-64-61-58-55-52-49-46-43-33-30-27-24-21-18-15-12-9-6-3)81-75(78)69-66-63-60-57-54-51-48-45-41-32-29-26-23-20-17-14-11-8-5-2/h17,20-21,24,26,29-30,33,41,45,72H,4-16,18-19,22-23,25,27-28,31-32,34-40,42-44,46-71H2,1-3H3/b20-17-,24-21-,29-26-,33-30-,45-41-. The third kappa shape index (κ3) is 67.8. The quantitative estimate of drug-likeness (QED) is 0.0261. The normalized spacial score (nSPS) is 12.4. The summed E-state index contributed by atoms with van der Waals surface area (Å²) in [5.41, 5.74) is 0. The van der Waals surface area contributed by atoms with Crippen LogP contribution in [0.1, 0.15) is 380 Å². The van der Waals surface area contributed by atoms with Gasteiger partial charge >= 0.3 is 17.9 Å². The van der Waals surface area contributed by atoms with Crippen molar-refractivity contribution in [2.75, 3.05) is 13.2 Å². The number of rotatable bonds is 66. The van der Waals surface area contributed by atoms with Crippen molar-refractivity contribution in [1.29, 1.82) is 0 Å². The first-order valence-corrected chi connectivity index (χ1v) is 35.8. The molecular weight excluding hydrogens is 997 g/mol. The van der Waals surface area contributed by atoms with Crippen LogP contribution in [0.15, 0.2) is 60.8 Å². The molecule has 0 saturated carbocycles. The van der Waals surface area contributed by atoms with Crippen LogP contribution in [0.4, 0.5) is 0 Å². The molecule has 0 spiro atoms. The van der Waals surface area contributed by atoms with Crippen LogP contribution in [-0.4, -0.2) is 37.2 Å². The van der Waals surface area contributed by atoms with E-state index >= 15 is 0 Å². The molecule has 1 atom stereocenters. The summed E-state index contributed by atoms with van der Waals surface area (Å²) in [6, 6.07) is 0. The smallest absolute Gasteiger partial charge is 0.306 e. The van der Waals surface area contributed by atoms with Gasteiger partial charge in [-0.2, -0.15) is 0 Å². The van der Waals surface area contributed by atoms with E-state index in [-0.39, 0.29) is 31.1 Å². The molecule has 6 heteroatoms. The van der Waals surface area contributed by atoms with Gasteiger partial charge in [-0.25, -0.2) is 0 Å². The van der Waals surface area contributed by atoms with Crippen LogP contribution in [0, 0.1) is 0 Å². The molecule has 0 radical (unpaired) electrons. The van der Waals surface area contributed by atoms with Gasteiger partial charge in [-0.3, -0.25) is 14.4 Å². The molecule has 0 amide bonds. The lowest BCUT2D eigenvalue weighted by Gasteiger charge is -2.18. The average Bonchev–Trinajstić information content (AvgIpc) is 3.47. The Hall–Kier alpha value is -2.89. The third-order valence-electron chi connectivity index (χ3n) is 16.0. The fourth-order valence-corrected chi connectivity index (χ4v) is 10.6. The van der Waals surface area contributed by atoms with Crippen LogP contribution in [0.25, 0.3) is 0 Å². The van der Waals surface area contributed by atoms with Crippen molar-refractivity contribution in [3.05, 3.63) is 60.8 Å². The Balaban J connectivity index is 4.31. The maximum atomic E-state index is 13.0. The van der Waals surface area contributed by atoms with E-state index in [1.807, 2.05) is 0 Å². The van der Waals surface area contributed by atoms with Gasteiger partial charge in [0.25, 0.3) is 0 Å². The van der Waals surface area contributed by atoms with Gasteiger partial charge in [-0.1, -0.05) is 332 Å². The summed E-state index contributed by atoms with van der Waals surface area (Å²) in [5, 5.41) is 0. The number of unbranched alkanes of at least 4 members (excludes halogenated alkanes) is 45. The Morgan fingerprint density at radius 3 is 0.728 bits per heavy atom. The van der Waals surface area contributed by atoms with Gasteiger partial charge in [0.15, 0.2) is 6.10 Å². The molecule has 0 aliphatic heterocycles. The molecule has 0 aliphatic carbocycles. The van der Waals surface area contributed by atoms with Gasteiger partial charge < -0.3 is 14.2 Å². The molecule has 0 aromatic rings. The van der Waals surface area contributed by atoms with E-state index < -0.39 is 6.10 Å². The van der Waals surface area contributed by atoms with E-state index in [4.69, 9.17) is 14.2 Å². The first-order valence-electron chi connectivity index (χ1n) is 35.8. The van der Waals surface area contributed by atoms with Crippen molar-refractivity contribution >= 4 is 17.9 Å². The summed E-state index contributed by atoms with van der Waals surface area (Å²) in [4.78, 5) is 38.5. The molecule has 81 heavy (non-hydrogen) atoms. The van der Waals surface area contributed by atoms with Crippen LogP contribution < -0.4 is 0 Å². The Bertz CT molecular complexity index is 1440. The first-order chi connectivity index (χ1) is 40.0. The third-order valence-corrected chi connectivity index (χ3v) is 16.0. The lowest BCUT2D eigenvalue weighted by atomic mass is 10.0. The zero-order valence-electron chi connectivity index (χ0n) is 54.3. The van der Waals surface area contributed by atoms with Crippen molar-refractivity contribution in [1.82, 2.24) is 0 Å². The highest BCUT2D eigenvalue weighted by molar-refractivity contribution is 5.71. The number of esters is 3. The highest BCUT2D eigenvalue weighted by Crippen LogP contribution is 2.18. The minimum absolute atomic E-state index is 0.0787. The second-order valence-corrected chi connectivity index (χ2v) is 24.1. The first kappa shape index (κ1) is 78.1. The molecule has 472 valence electrons. The Morgan fingerprint density at radius 2 is 0.444 bits per heavy atom. The van der Waals surface area contributed by atoms with Gasteiger partial charge in [-0.15, -0.1) is 0 Å². The lowest BCUT2D eigenvalue weighted by molar-refractivity contribution is -0.167. The Labute approximate surface area is 504 Å². The number of ether oxygens (including phenoxy) is 3. The van der Waals surface area contributed by atoms with Crippen molar-refractivity contribution < 1.29 is 28.6 Å². The van der Waals surface area contributed by atoms with Gasteiger partial charge in [-0.05, 0) is 89.9 Å². The number of carbonyl (C=O) groups excluding carboxylic acids is 3. The van der Waals surface area contributed by atoms with E-state index in [1.54, 1.807) is 0 Å². The lowest BCUT2D eigenvalue weighted by Crippen LogP contribution is -2.30. The SMILES string of the molecule is CCCCC/C=C\C/C=C\C/C=C\CCCCCCCCC(=O)OC(COC(=O)CCCCCCCCC/C=C\C/C=C\CCCCCC)COC(=O)CCCCCCCCCCCCCCCCCCCCCCCCCCCC. The molecule has 0 aromatic carbocycles. The van der Waals surface area contributed by atoms with E-state index in [9.17, 15) is 14.4 Å². The molecule has 1 unspecified atom stereocenters. The van der Waals surface area contributed by atoms with Gasteiger partial charge in [0.05, 0.1) is 0 Å². The summed E-state index contributed by atoms with van der Waals surface area (Å²) in [5.74, 6) is -0.876. The van der Waals surface area contributed by atoms with Crippen LogP contribution in [-0.2, 0) is 28.6 Å². The van der Waals surface area contributed by atoms with Crippen molar-refractivity contribution in [2.24, 2.45) is 0 Å². The Morgan fingerprint density at radius 1 is 0.247 bits per heavy atom. The molecular formula is C75H136O6. The molecule has 0 fully saturated rings. The minimum atomic E-state index is -0.786. The zero-order valence-corrected chi connectivity index (χ0v) is 54.3. The summed E-state index contributed by atoms with van der Waals surface area (Å²) >= 11 is 0. The van der Waals surface area contributed by atoms with Crippen LogP contribution in [0.3, 0.4) is 0 Å². The van der Waals surface area contributed by atoms with Gasteiger partial charge in [0.1, 0.15) is 13.2 Å². The van der Waals surface area contributed by atoms with Crippen LogP contribution in [0.2, 0.25) is 0 Å². The summed E-state index contributed by atoms with van der Waals surface area (Å²) in [7, 11) is 0. The second kappa shape index (κ2) is 69.6. The second-order valence-electron chi connectivity index (χ2n) is 24.1. The summed E-state index contributed by atoms with van der Waals surface area (Å²) in [6.45, 7) is 6.64. The fourth-order valence-electron chi connectivity index (χ4n) is 10.6. The van der Waals surface area contributed by atoms with E-state index in [1.165, 1.54) is 244 Å². The zero-order chi connectivity index (χ0) is 58.5. The van der Waals surface area contributed by atoms with Crippen LogP contribution in [0.5, 0.6) is 0 Å². The number of allylic oxidation sites excluding steroid dienone is 10. The number of hydrogen-bond acceptors (Lipinski definition) is 6. The predicted molar refractivity (Wildman–Crippen MR) is 353 cm³/mol. The minimum Gasteiger partial charge on any atom is -0.462 e. The topological polar surface area (TPSA) is 78.9 Å². The molecule has 0 N–H and O–H groups in total. The summed E-state index contributed by atoms with van der Waals surface area (Å²) < 4.78 is 17.0. The van der Waals surface area contributed by atoms with Crippen molar-refractivity contribution in [3.63, 3.8) is 0 Å².